The van der Waals surface area contributed by atoms with E-state index in [0.717, 1.165) is 0 Å². The lowest BCUT2D eigenvalue weighted by atomic mass is 10.0. The van der Waals surface area contributed by atoms with E-state index in [0.29, 0.717) is 27.4 Å². The molecule has 0 aliphatic carbocycles. The lowest BCUT2D eigenvalue weighted by Gasteiger charge is -2.17. The van der Waals surface area contributed by atoms with Crippen LogP contribution in [-0.4, -0.2) is 21.6 Å². The predicted molar refractivity (Wildman–Crippen MR) is 65.8 cm³/mol. The van der Waals surface area contributed by atoms with Crippen LogP contribution in [-0.2, 0) is 0 Å². The van der Waals surface area contributed by atoms with Gasteiger partial charge in [0.05, 0.1) is 6.10 Å². The Morgan fingerprint density at radius 1 is 1.13 bits per heavy atom. The second-order valence-corrected chi connectivity index (χ2v) is 4.86. The summed E-state index contributed by atoms with van der Waals surface area (Å²) in [5.41, 5.74) is 0.529. The SMILES string of the molecule is OC(CCBr)C(O)c1cc(Cl)cc(Cl)c1. The van der Waals surface area contributed by atoms with Gasteiger partial charge in [0.1, 0.15) is 6.10 Å². The lowest BCUT2D eigenvalue weighted by molar-refractivity contribution is 0.0174. The number of alkyl halides is 1. The minimum absolute atomic E-state index is 0.447. The third-order valence-electron chi connectivity index (χ3n) is 2.00. The number of halogens is 3. The van der Waals surface area contributed by atoms with Crippen molar-refractivity contribution in [2.45, 2.75) is 18.6 Å². The molecule has 0 saturated heterocycles. The molecular formula is C10H11BrCl2O2. The van der Waals surface area contributed by atoms with Gasteiger partial charge in [0.25, 0.3) is 0 Å². The fourth-order valence-electron chi connectivity index (χ4n) is 1.24. The summed E-state index contributed by atoms with van der Waals surface area (Å²) in [6, 6.07) is 4.77. The molecule has 84 valence electrons. The molecule has 1 rings (SSSR count). The van der Waals surface area contributed by atoms with E-state index < -0.39 is 12.2 Å². The van der Waals surface area contributed by atoms with Crippen molar-refractivity contribution in [3.63, 3.8) is 0 Å². The highest BCUT2D eigenvalue weighted by molar-refractivity contribution is 9.09. The van der Waals surface area contributed by atoms with Crippen LogP contribution in [0, 0.1) is 0 Å². The topological polar surface area (TPSA) is 40.5 Å². The summed E-state index contributed by atoms with van der Waals surface area (Å²) in [5.74, 6) is 0. The second kappa shape index (κ2) is 6.06. The molecule has 1 aromatic carbocycles. The fourth-order valence-corrected chi connectivity index (χ4v) is 2.25. The molecule has 0 aliphatic rings. The Balaban J connectivity index is 2.85. The van der Waals surface area contributed by atoms with Crippen LogP contribution >= 0.6 is 39.1 Å². The summed E-state index contributed by atoms with van der Waals surface area (Å²) >= 11 is 14.8. The molecule has 0 bridgehead atoms. The van der Waals surface area contributed by atoms with Gasteiger partial charge in [-0.1, -0.05) is 39.1 Å². The molecule has 0 saturated carbocycles. The normalized spacial score (nSPS) is 15.0. The van der Waals surface area contributed by atoms with E-state index in [1.165, 1.54) is 0 Å². The molecule has 2 nitrogen and oxygen atoms in total. The maximum Gasteiger partial charge on any atom is 0.105 e. The van der Waals surface area contributed by atoms with Crippen LogP contribution in [0.25, 0.3) is 0 Å². The van der Waals surface area contributed by atoms with E-state index in [1.807, 2.05) is 0 Å². The Labute approximate surface area is 107 Å². The second-order valence-electron chi connectivity index (χ2n) is 3.19. The molecule has 15 heavy (non-hydrogen) atoms. The largest absolute Gasteiger partial charge is 0.390 e. The van der Waals surface area contributed by atoms with Crippen LogP contribution in [0.4, 0.5) is 0 Å². The van der Waals surface area contributed by atoms with Crippen LogP contribution < -0.4 is 0 Å². The van der Waals surface area contributed by atoms with Crippen molar-refractivity contribution < 1.29 is 10.2 Å². The molecule has 0 heterocycles. The summed E-state index contributed by atoms with van der Waals surface area (Å²) in [6.07, 6.45) is -1.32. The van der Waals surface area contributed by atoms with Crippen molar-refractivity contribution in [1.82, 2.24) is 0 Å². The molecule has 2 N–H and O–H groups in total. The third kappa shape index (κ3) is 3.93. The Bertz CT molecular complexity index is 313. The Morgan fingerprint density at radius 3 is 2.13 bits per heavy atom. The first-order chi connectivity index (χ1) is 7.04. The van der Waals surface area contributed by atoms with E-state index in [-0.39, 0.29) is 0 Å². The van der Waals surface area contributed by atoms with Crippen molar-refractivity contribution in [3.05, 3.63) is 33.8 Å². The Morgan fingerprint density at radius 2 is 1.67 bits per heavy atom. The van der Waals surface area contributed by atoms with E-state index in [1.54, 1.807) is 18.2 Å². The van der Waals surface area contributed by atoms with Gasteiger partial charge in [-0.3, -0.25) is 0 Å². The number of hydrogen-bond donors (Lipinski definition) is 2. The number of aliphatic hydroxyl groups is 2. The van der Waals surface area contributed by atoms with E-state index in [9.17, 15) is 10.2 Å². The number of benzene rings is 1. The van der Waals surface area contributed by atoms with E-state index in [2.05, 4.69) is 15.9 Å². The lowest BCUT2D eigenvalue weighted by Crippen LogP contribution is -2.18. The maximum absolute atomic E-state index is 9.78. The third-order valence-corrected chi connectivity index (χ3v) is 2.89. The van der Waals surface area contributed by atoms with Crippen molar-refractivity contribution in [1.29, 1.82) is 0 Å². The maximum atomic E-state index is 9.78. The molecule has 0 spiro atoms. The molecule has 0 amide bonds. The van der Waals surface area contributed by atoms with Crippen molar-refractivity contribution in [3.8, 4) is 0 Å². The van der Waals surface area contributed by atoms with Crippen LogP contribution in [0.3, 0.4) is 0 Å². The molecular weight excluding hydrogens is 303 g/mol. The van der Waals surface area contributed by atoms with Gasteiger partial charge < -0.3 is 10.2 Å². The fraction of sp³-hybridized carbons (Fsp3) is 0.400. The van der Waals surface area contributed by atoms with Gasteiger partial charge in [-0.2, -0.15) is 0 Å². The molecule has 2 unspecified atom stereocenters. The van der Waals surface area contributed by atoms with E-state index >= 15 is 0 Å². The minimum Gasteiger partial charge on any atom is -0.390 e. The van der Waals surface area contributed by atoms with Gasteiger partial charge in [0.2, 0.25) is 0 Å². The molecule has 0 aromatic heterocycles. The number of aliphatic hydroxyl groups excluding tert-OH is 2. The van der Waals surface area contributed by atoms with Crippen molar-refractivity contribution in [2.24, 2.45) is 0 Å². The van der Waals surface area contributed by atoms with Gasteiger partial charge in [-0.15, -0.1) is 0 Å². The number of rotatable bonds is 4. The zero-order chi connectivity index (χ0) is 11.4. The van der Waals surface area contributed by atoms with Crippen LogP contribution in [0.2, 0.25) is 10.0 Å². The zero-order valence-corrected chi connectivity index (χ0v) is 10.9. The first-order valence-electron chi connectivity index (χ1n) is 4.42. The van der Waals surface area contributed by atoms with Gasteiger partial charge in [0, 0.05) is 15.4 Å². The monoisotopic (exact) mass is 312 g/mol. The van der Waals surface area contributed by atoms with Gasteiger partial charge in [-0.05, 0) is 30.2 Å². The molecule has 5 heteroatoms. The molecule has 2 atom stereocenters. The Hall–Kier alpha value is 0.200. The summed E-state index contributed by atoms with van der Waals surface area (Å²) in [5, 5.41) is 20.9. The van der Waals surface area contributed by atoms with Crippen LogP contribution in [0.5, 0.6) is 0 Å². The highest BCUT2D eigenvalue weighted by Gasteiger charge is 2.18. The molecule has 0 radical (unpaired) electrons. The molecule has 1 aromatic rings. The van der Waals surface area contributed by atoms with Crippen molar-refractivity contribution >= 4 is 39.1 Å². The minimum atomic E-state index is -0.959. The Kier molecular flexibility index (Phi) is 5.36. The quantitative estimate of drug-likeness (QED) is 0.838. The predicted octanol–water partition coefficient (Wildman–Crippen LogP) is 3.17. The molecule has 0 fully saturated rings. The summed E-state index contributed by atoms with van der Waals surface area (Å²) in [7, 11) is 0. The zero-order valence-electron chi connectivity index (χ0n) is 7.83. The average Bonchev–Trinajstić information content (AvgIpc) is 2.15. The number of hydrogen-bond acceptors (Lipinski definition) is 2. The molecule has 0 aliphatic heterocycles. The smallest absolute Gasteiger partial charge is 0.105 e. The van der Waals surface area contributed by atoms with Crippen LogP contribution in [0.15, 0.2) is 18.2 Å². The highest BCUT2D eigenvalue weighted by Crippen LogP contribution is 2.26. The average molecular weight is 314 g/mol. The first-order valence-corrected chi connectivity index (χ1v) is 6.30. The highest BCUT2D eigenvalue weighted by atomic mass is 79.9. The first kappa shape index (κ1) is 13.3. The van der Waals surface area contributed by atoms with Crippen molar-refractivity contribution in [2.75, 3.05) is 5.33 Å². The summed E-state index contributed by atoms with van der Waals surface area (Å²) < 4.78 is 0. The van der Waals surface area contributed by atoms with Gasteiger partial charge in [-0.25, -0.2) is 0 Å². The van der Waals surface area contributed by atoms with Gasteiger partial charge in [0.15, 0.2) is 0 Å². The van der Waals surface area contributed by atoms with E-state index in [4.69, 9.17) is 23.2 Å². The van der Waals surface area contributed by atoms with Crippen LogP contribution in [0.1, 0.15) is 18.1 Å². The van der Waals surface area contributed by atoms with Gasteiger partial charge >= 0.3 is 0 Å². The summed E-state index contributed by atoms with van der Waals surface area (Å²) in [6.45, 7) is 0. The standard InChI is InChI=1S/C10H11BrCl2O2/c11-2-1-9(14)10(15)6-3-7(12)5-8(13)4-6/h3-5,9-10,14-15H,1-2H2. The summed E-state index contributed by atoms with van der Waals surface area (Å²) in [4.78, 5) is 0.